The van der Waals surface area contributed by atoms with Gasteiger partial charge in [0.15, 0.2) is 0 Å². The van der Waals surface area contributed by atoms with Gasteiger partial charge in [-0.05, 0) is 25.0 Å². The minimum Gasteiger partial charge on any atom is -0.396 e. The quantitative estimate of drug-likeness (QED) is 0.902. The van der Waals surface area contributed by atoms with Gasteiger partial charge in [0.1, 0.15) is 6.54 Å². The number of fused-ring (bicyclic) bond motifs is 1. The van der Waals surface area contributed by atoms with Crippen LogP contribution in [0.15, 0.2) is 24.3 Å². The summed E-state index contributed by atoms with van der Waals surface area (Å²) in [5, 5.41) is 4.31. The molecule has 104 valence electrons. The molecule has 1 aromatic heterocycles. The number of nitrogens with two attached hydrogens (primary N) is 1. The zero-order valence-electron chi connectivity index (χ0n) is 11.8. The maximum absolute atomic E-state index is 12.4. The van der Waals surface area contributed by atoms with Crippen molar-refractivity contribution in [3.63, 3.8) is 0 Å². The molecule has 0 spiro atoms. The van der Waals surface area contributed by atoms with Gasteiger partial charge in [-0.15, -0.1) is 0 Å². The summed E-state index contributed by atoms with van der Waals surface area (Å²) in [5.41, 5.74) is 10.7. The molecule has 1 aliphatic rings. The topological polar surface area (TPSA) is 64.2 Å². The van der Waals surface area contributed by atoms with Gasteiger partial charge in [-0.1, -0.05) is 24.3 Å². The number of aromatic nitrogens is 2. The number of carbonyl (C=O) groups is 1. The Labute approximate surface area is 118 Å². The third kappa shape index (κ3) is 2.05. The molecule has 0 fully saturated rings. The van der Waals surface area contributed by atoms with Gasteiger partial charge in [-0.3, -0.25) is 9.48 Å². The fourth-order valence-electron chi connectivity index (χ4n) is 2.60. The minimum atomic E-state index is 0.0757. The normalized spacial score (nSPS) is 13.6. The van der Waals surface area contributed by atoms with E-state index in [0.29, 0.717) is 18.8 Å². The van der Waals surface area contributed by atoms with E-state index in [2.05, 4.69) is 17.2 Å². The van der Waals surface area contributed by atoms with Crippen LogP contribution in [0.3, 0.4) is 0 Å². The van der Waals surface area contributed by atoms with Crippen LogP contribution in [-0.2, 0) is 24.4 Å². The van der Waals surface area contributed by atoms with E-state index in [1.807, 2.05) is 30.9 Å². The number of anilines is 1. The number of benzene rings is 1. The second-order valence-corrected chi connectivity index (χ2v) is 5.26. The van der Waals surface area contributed by atoms with E-state index in [-0.39, 0.29) is 12.5 Å². The van der Waals surface area contributed by atoms with Crippen molar-refractivity contribution in [1.29, 1.82) is 0 Å². The minimum absolute atomic E-state index is 0.0757. The van der Waals surface area contributed by atoms with Crippen molar-refractivity contribution in [2.24, 2.45) is 0 Å². The number of hydrogen-bond donors (Lipinski definition) is 1. The van der Waals surface area contributed by atoms with E-state index < -0.39 is 0 Å². The molecule has 0 saturated carbocycles. The van der Waals surface area contributed by atoms with Crippen LogP contribution in [0, 0.1) is 13.8 Å². The summed E-state index contributed by atoms with van der Waals surface area (Å²) in [6, 6.07) is 8.16. The molecule has 5 nitrogen and oxygen atoms in total. The Morgan fingerprint density at radius 3 is 2.35 bits per heavy atom. The van der Waals surface area contributed by atoms with Gasteiger partial charge in [-0.25, -0.2) is 0 Å². The molecule has 0 radical (unpaired) electrons. The molecule has 2 aromatic rings. The standard InChI is InChI=1S/C15H18N4O/c1-10-15(16)11(2)19(17-10)9-14(20)18-7-12-5-3-4-6-13(12)8-18/h3-6H,7-9,16H2,1-2H3. The highest BCUT2D eigenvalue weighted by Gasteiger charge is 2.23. The summed E-state index contributed by atoms with van der Waals surface area (Å²) in [6.45, 7) is 5.36. The van der Waals surface area contributed by atoms with E-state index in [4.69, 9.17) is 5.73 Å². The summed E-state index contributed by atoms with van der Waals surface area (Å²) in [5.74, 6) is 0.0757. The van der Waals surface area contributed by atoms with Crippen LogP contribution in [0.4, 0.5) is 5.69 Å². The van der Waals surface area contributed by atoms with E-state index in [0.717, 1.165) is 11.4 Å². The lowest BCUT2D eigenvalue weighted by Crippen LogP contribution is -2.29. The Kier molecular flexibility index (Phi) is 2.97. The van der Waals surface area contributed by atoms with Crippen molar-refractivity contribution in [2.75, 3.05) is 5.73 Å². The van der Waals surface area contributed by atoms with Crippen molar-refractivity contribution >= 4 is 11.6 Å². The molecule has 1 aliphatic heterocycles. The van der Waals surface area contributed by atoms with E-state index >= 15 is 0 Å². The van der Waals surface area contributed by atoms with Gasteiger partial charge in [0.25, 0.3) is 0 Å². The highest BCUT2D eigenvalue weighted by atomic mass is 16.2. The summed E-state index contributed by atoms with van der Waals surface area (Å²) in [6.07, 6.45) is 0. The molecule has 20 heavy (non-hydrogen) atoms. The molecule has 2 N–H and O–H groups in total. The zero-order valence-corrected chi connectivity index (χ0v) is 11.8. The lowest BCUT2D eigenvalue weighted by Gasteiger charge is -2.15. The molecule has 0 unspecified atom stereocenters. The number of nitrogens with zero attached hydrogens (tertiary/aromatic N) is 3. The Morgan fingerprint density at radius 2 is 1.85 bits per heavy atom. The van der Waals surface area contributed by atoms with Crippen LogP contribution in [0.2, 0.25) is 0 Å². The smallest absolute Gasteiger partial charge is 0.244 e. The summed E-state index contributed by atoms with van der Waals surface area (Å²) in [4.78, 5) is 14.2. The summed E-state index contributed by atoms with van der Waals surface area (Å²) < 4.78 is 1.69. The molecular weight excluding hydrogens is 252 g/mol. The van der Waals surface area contributed by atoms with Crippen molar-refractivity contribution < 1.29 is 4.79 Å². The van der Waals surface area contributed by atoms with E-state index in [1.165, 1.54) is 11.1 Å². The number of hydrogen-bond acceptors (Lipinski definition) is 3. The monoisotopic (exact) mass is 270 g/mol. The summed E-state index contributed by atoms with van der Waals surface area (Å²) in [7, 11) is 0. The largest absolute Gasteiger partial charge is 0.396 e. The Balaban J connectivity index is 1.74. The molecule has 0 bridgehead atoms. The fourth-order valence-corrected chi connectivity index (χ4v) is 2.60. The number of aryl methyl sites for hydroxylation is 1. The third-order valence-corrected chi connectivity index (χ3v) is 3.92. The average Bonchev–Trinajstić information content (AvgIpc) is 2.97. The molecule has 1 aromatic carbocycles. The van der Waals surface area contributed by atoms with Crippen molar-refractivity contribution in [2.45, 2.75) is 33.5 Å². The molecule has 0 saturated heterocycles. The second kappa shape index (κ2) is 4.67. The first kappa shape index (κ1) is 12.7. The SMILES string of the molecule is Cc1nn(CC(=O)N2Cc3ccccc3C2)c(C)c1N. The fraction of sp³-hybridized carbons (Fsp3) is 0.333. The first-order chi connectivity index (χ1) is 9.56. The first-order valence-electron chi connectivity index (χ1n) is 6.70. The molecule has 2 heterocycles. The highest BCUT2D eigenvalue weighted by Crippen LogP contribution is 2.23. The molecular formula is C15H18N4O. The highest BCUT2D eigenvalue weighted by molar-refractivity contribution is 5.77. The third-order valence-electron chi connectivity index (χ3n) is 3.92. The van der Waals surface area contributed by atoms with Crippen molar-refractivity contribution in [3.8, 4) is 0 Å². The van der Waals surface area contributed by atoms with E-state index in [9.17, 15) is 4.79 Å². The summed E-state index contributed by atoms with van der Waals surface area (Å²) >= 11 is 0. The molecule has 5 heteroatoms. The first-order valence-corrected chi connectivity index (χ1v) is 6.70. The van der Waals surface area contributed by atoms with Crippen LogP contribution in [0.5, 0.6) is 0 Å². The molecule has 1 amide bonds. The van der Waals surface area contributed by atoms with Gasteiger partial charge in [0, 0.05) is 13.1 Å². The van der Waals surface area contributed by atoms with Crippen molar-refractivity contribution in [3.05, 3.63) is 46.8 Å². The Morgan fingerprint density at radius 1 is 1.25 bits per heavy atom. The average molecular weight is 270 g/mol. The number of rotatable bonds is 2. The maximum atomic E-state index is 12.4. The van der Waals surface area contributed by atoms with Crippen LogP contribution in [0.25, 0.3) is 0 Å². The van der Waals surface area contributed by atoms with Gasteiger partial charge in [0.2, 0.25) is 5.91 Å². The predicted molar refractivity (Wildman–Crippen MR) is 76.8 cm³/mol. The van der Waals surface area contributed by atoms with Gasteiger partial charge < -0.3 is 10.6 Å². The Hall–Kier alpha value is -2.30. The van der Waals surface area contributed by atoms with Crippen LogP contribution in [0.1, 0.15) is 22.5 Å². The number of carbonyl (C=O) groups excluding carboxylic acids is 1. The molecule has 3 rings (SSSR count). The van der Waals surface area contributed by atoms with Crippen LogP contribution in [-0.4, -0.2) is 20.6 Å². The van der Waals surface area contributed by atoms with Gasteiger partial charge in [0.05, 0.1) is 17.1 Å². The lowest BCUT2D eigenvalue weighted by atomic mass is 10.1. The van der Waals surface area contributed by atoms with Gasteiger partial charge in [-0.2, -0.15) is 5.10 Å². The number of amides is 1. The number of nitrogen functional groups attached to an aromatic ring is 1. The lowest BCUT2D eigenvalue weighted by molar-refractivity contribution is -0.132. The predicted octanol–water partition coefficient (Wildman–Crippen LogP) is 1.62. The molecule has 0 atom stereocenters. The zero-order chi connectivity index (χ0) is 14.3. The van der Waals surface area contributed by atoms with Crippen LogP contribution < -0.4 is 5.73 Å². The Bertz CT molecular complexity index is 650. The van der Waals surface area contributed by atoms with Gasteiger partial charge >= 0.3 is 0 Å². The molecule has 0 aliphatic carbocycles. The second-order valence-electron chi connectivity index (χ2n) is 5.26. The van der Waals surface area contributed by atoms with Crippen molar-refractivity contribution in [1.82, 2.24) is 14.7 Å². The maximum Gasteiger partial charge on any atom is 0.244 e. The van der Waals surface area contributed by atoms with Crippen LogP contribution >= 0.6 is 0 Å². The van der Waals surface area contributed by atoms with E-state index in [1.54, 1.807) is 4.68 Å².